The first-order valence-corrected chi connectivity index (χ1v) is 3.22. The number of rotatable bonds is 1. The molecule has 0 aliphatic rings. The summed E-state index contributed by atoms with van der Waals surface area (Å²) in [6, 6.07) is 1.50. The van der Waals surface area contributed by atoms with Gasteiger partial charge in [-0.05, 0) is 12.1 Å². The van der Waals surface area contributed by atoms with Crippen LogP contribution < -0.4 is 0 Å². The predicted molar refractivity (Wildman–Crippen MR) is 36.2 cm³/mol. The SMILES string of the molecule is FCc1cc(F)c(Cl)cc1F. The Morgan fingerprint density at radius 3 is 2.36 bits per heavy atom. The zero-order chi connectivity index (χ0) is 8.43. The lowest BCUT2D eigenvalue weighted by Gasteiger charge is -1.98. The molecule has 0 heterocycles. The molecule has 11 heavy (non-hydrogen) atoms. The Labute approximate surface area is 66.6 Å². The average molecular weight is 181 g/mol. The van der Waals surface area contributed by atoms with Crippen molar-refractivity contribution in [3.63, 3.8) is 0 Å². The van der Waals surface area contributed by atoms with Crippen molar-refractivity contribution in [3.05, 3.63) is 34.4 Å². The number of hydrogen-bond donors (Lipinski definition) is 0. The van der Waals surface area contributed by atoms with E-state index in [9.17, 15) is 13.2 Å². The Hall–Kier alpha value is -0.700. The van der Waals surface area contributed by atoms with Gasteiger partial charge in [0.15, 0.2) is 0 Å². The Morgan fingerprint density at radius 2 is 1.82 bits per heavy atom. The fourth-order valence-electron chi connectivity index (χ4n) is 0.666. The van der Waals surface area contributed by atoms with Crippen LogP contribution in [0.1, 0.15) is 5.56 Å². The molecule has 0 saturated heterocycles. The zero-order valence-corrected chi connectivity index (χ0v) is 6.13. The summed E-state index contributed by atoms with van der Waals surface area (Å²) in [4.78, 5) is 0. The van der Waals surface area contributed by atoms with Crippen molar-refractivity contribution < 1.29 is 13.2 Å². The maximum Gasteiger partial charge on any atom is 0.142 e. The molecule has 0 amide bonds. The predicted octanol–water partition coefficient (Wildman–Crippen LogP) is 3.09. The number of halogens is 4. The van der Waals surface area contributed by atoms with Crippen LogP contribution in [0.3, 0.4) is 0 Å². The van der Waals surface area contributed by atoms with Gasteiger partial charge < -0.3 is 0 Å². The fraction of sp³-hybridized carbons (Fsp3) is 0.143. The molecular formula is C7H4ClF3. The van der Waals surface area contributed by atoms with E-state index in [2.05, 4.69) is 0 Å². The molecule has 4 heteroatoms. The summed E-state index contributed by atoms with van der Waals surface area (Å²) in [6.07, 6.45) is 0. The molecule has 0 radical (unpaired) electrons. The lowest BCUT2D eigenvalue weighted by molar-refractivity contribution is 0.460. The minimum absolute atomic E-state index is 0.313. The normalized spacial score (nSPS) is 10.2. The van der Waals surface area contributed by atoms with Crippen molar-refractivity contribution in [2.45, 2.75) is 6.67 Å². The summed E-state index contributed by atoms with van der Waals surface area (Å²) in [5.41, 5.74) is -0.313. The molecule has 60 valence electrons. The molecule has 1 aromatic carbocycles. The molecule has 0 aliphatic carbocycles. The summed E-state index contributed by atoms with van der Waals surface area (Å²) in [5, 5.41) is -0.334. The van der Waals surface area contributed by atoms with Crippen LogP contribution in [0.25, 0.3) is 0 Å². The minimum Gasteiger partial charge on any atom is -0.246 e. The third-order valence-electron chi connectivity index (χ3n) is 1.23. The second-order valence-corrected chi connectivity index (χ2v) is 2.40. The maximum absolute atomic E-state index is 12.5. The highest BCUT2D eigenvalue weighted by atomic mass is 35.5. The van der Waals surface area contributed by atoms with E-state index in [1.165, 1.54) is 0 Å². The third kappa shape index (κ3) is 1.66. The van der Waals surface area contributed by atoms with Gasteiger partial charge in [-0.15, -0.1) is 0 Å². The average Bonchev–Trinajstić information content (AvgIpc) is 1.97. The zero-order valence-electron chi connectivity index (χ0n) is 5.37. The van der Waals surface area contributed by atoms with Gasteiger partial charge in [-0.25, -0.2) is 13.2 Å². The summed E-state index contributed by atoms with van der Waals surface area (Å²) < 4.78 is 36.9. The molecule has 0 atom stereocenters. The van der Waals surface area contributed by atoms with Crippen LogP contribution in [-0.2, 0) is 6.67 Å². The quantitative estimate of drug-likeness (QED) is 0.583. The van der Waals surface area contributed by atoms with E-state index in [4.69, 9.17) is 11.6 Å². The monoisotopic (exact) mass is 180 g/mol. The molecular weight excluding hydrogens is 177 g/mol. The van der Waals surface area contributed by atoms with Gasteiger partial charge in [0, 0.05) is 5.56 Å². The van der Waals surface area contributed by atoms with Gasteiger partial charge in [0.25, 0.3) is 0 Å². The van der Waals surface area contributed by atoms with Gasteiger partial charge >= 0.3 is 0 Å². The first kappa shape index (κ1) is 8.40. The van der Waals surface area contributed by atoms with Crippen LogP contribution in [-0.4, -0.2) is 0 Å². The summed E-state index contributed by atoms with van der Waals surface area (Å²) in [5.74, 6) is -1.63. The molecule has 0 aliphatic heterocycles. The first-order valence-electron chi connectivity index (χ1n) is 2.84. The second kappa shape index (κ2) is 3.13. The van der Waals surface area contributed by atoms with Gasteiger partial charge in [-0.3, -0.25) is 0 Å². The van der Waals surface area contributed by atoms with E-state index >= 15 is 0 Å². The van der Waals surface area contributed by atoms with Gasteiger partial charge in [0.1, 0.15) is 18.3 Å². The molecule has 0 spiro atoms. The molecule has 0 fully saturated rings. The Balaban J connectivity index is 3.21. The van der Waals surface area contributed by atoms with E-state index in [0.29, 0.717) is 0 Å². The summed E-state index contributed by atoms with van der Waals surface area (Å²) in [6.45, 7) is -1.03. The highest BCUT2D eigenvalue weighted by Crippen LogP contribution is 2.19. The topological polar surface area (TPSA) is 0 Å². The molecule has 0 saturated carbocycles. The smallest absolute Gasteiger partial charge is 0.142 e. The lowest BCUT2D eigenvalue weighted by atomic mass is 10.2. The highest BCUT2D eigenvalue weighted by Gasteiger charge is 2.07. The Bertz CT molecular complexity index is 273. The Kier molecular flexibility index (Phi) is 2.39. The molecule has 0 unspecified atom stereocenters. The van der Waals surface area contributed by atoms with Gasteiger partial charge in [-0.2, -0.15) is 0 Å². The molecule has 0 bridgehead atoms. The molecule has 1 aromatic rings. The van der Waals surface area contributed by atoms with E-state index in [1.807, 2.05) is 0 Å². The van der Waals surface area contributed by atoms with E-state index in [-0.39, 0.29) is 10.6 Å². The van der Waals surface area contributed by atoms with Gasteiger partial charge in [-0.1, -0.05) is 11.6 Å². The van der Waals surface area contributed by atoms with E-state index in [1.54, 1.807) is 0 Å². The van der Waals surface area contributed by atoms with Crippen LogP contribution in [0.15, 0.2) is 12.1 Å². The van der Waals surface area contributed by atoms with Gasteiger partial charge in [0.05, 0.1) is 5.02 Å². The molecule has 0 aromatic heterocycles. The molecule has 1 rings (SSSR count). The van der Waals surface area contributed by atoms with Crippen molar-refractivity contribution >= 4 is 11.6 Å². The van der Waals surface area contributed by atoms with Crippen molar-refractivity contribution in [3.8, 4) is 0 Å². The largest absolute Gasteiger partial charge is 0.246 e. The van der Waals surface area contributed by atoms with Gasteiger partial charge in [0.2, 0.25) is 0 Å². The minimum atomic E-state index is -1.03. The van der Waals surface area contributed by atoms with Crippen molar-refractivity contribution in [2.75, 3.05) is 0 Å². The van der Waals surface area contributed by atoms with E-state index < -0.39 is 18.3 Å². The van der Waals surface area contributed by atoms with E-state index in [0.717, 1.165) is 12.1 Å². The standard InChI is InChI=1S/C7H4ClF3/c8-5-2-6(10)4(3-9)1-7(5)11/h1-2H,3H2. The van der Waals surface area contributed by atoms with Crippen LogP contribution in [0, 0.1) is 11.6 Å². The third-order valence-corrected chi connectivity index (χ3v) is 1.52. The lowest BCUT2D eigenvalue weighted by Crippen LogP contribution is -1.89. The van der Waals surface area contributed by atoms with Crippen LogP contribution >= 0.6 is 11.6 Å². The highest BCUT2D eigenvalue weighted by molar-refractivity contribution is 6.30. The maximum atomic E-state index is 12.5. The first-order chi connectivity index (χ1) is 5.15. The number of benzene rings is 1. The molecule has 0 nitrogen and oxygen atoms in total. The number of alkyl halides is 1. The number of hydrogen-bond acceptors (Lipinski definition) is 0. The molecule has 0 N–H and O–H groups in total. The van der Waals surface area contributed by atoms with Crippen LogP contribution in [0.5, 0.6) is 0 Å². The summed E-state index contributed by atoms with van der Waals surface area (Å²) >= 11 is 5.21. The second-order valence-electron chi connectivity index (χ2n) is 1.99. The van der Waals surface area contributed by atoms with Crippen molar-refractivity contribution in [1.82, 2.24) is 0 Å². The Morgan fingerprint density at radius 1 is 1.18 bits per heavy atom. The van der Waals surface area contributed by atoms with Crippen LogP contribution in [0.4, 0.5) is 13.2 Å². The fourth-order valence-corrected chi connectivity index (χ4v) is 0.817. The van der Waals surface area contributed by atoms with Crippen molar-refractivity contribution in [2.24, 2.45) is 0 Å². The van der Waals surface area contributed by atoms with Crippen LogP contribution in [0.2, 0.25) is 5.02 Å². The van der Waals surface area contributed by atoms with Crippen molar-refractivity contribution in [1.29, 1.82) is 0 Å². The summed E-state index contributed by atoms with van der Waals surface area (Å²) in [7, 11) is 0.